The van der Waals surface area contributed by atoms with E-state index in [0.29, 0.717) is 5.92 Å². The quantitative estimate of drug-likeness (QED) is 0.416. The molecule has 0 amide bonds. The lowest BCUT2D eigenvalue weighted by Crippen LogP contribution is -2.13. The Bertz CT molecular complexity index is 201. The van der Waals surface area contributed by atoms with Gasteiger partial charge < -0.3 is 5.73 Å². The van der Waals surface area contributed by atoms with Crippen LogP contribution in [0.1, 0.15) is 13.3 Å². The van der Waals surface area contributed by atoms with Gasteiger partial charge in [0.25, 0.3) is 0 Å². The van der Waals surface area contributed by atoms with Crippen LogP contribution in [0.5, 0.6) is 0 Å². The van der Waals surface area contributed by atoms with Crippen LogP contribution in [0, 0.1) is 11.3 Å². The van der Waals surface area contributed by atoms with Crippen LogP contribution in [-0.2, 0) is 0 Å². The van der Waals surface area contributed by atoms with E-state index in [9.17, 15) is 0 Å². The van der Waals surface area contributed by atoms with Gasteiger partial charge in [0.1, 0.15) is 5.84 Å². The second-order valence-corrected chi connectivity index (χ2v) is 2.65. The number of allylic oxidation sites excluding steroid dienone is 2. The van der Waals surface area contributed by atoms with Crippen molar-refractivity contribution < 1.29 is 0 Å². The van der Waals surface area contributed by atoms with Gasteiger partial charge in [-0.2, -0.15) is 0 Å². The molecular formula is C8H12N2. The fourth-order valence-corrected chi connectivity index (χ4v) is 1.02. The van der Waals surface area contributed by atoms with E-state index in [0.717, 1.165) is 12.0 Å². The molecule has 1 aliphatic carbocycles. The molecule has 1 unspecified atom stereocenters. The average Bonchev–Trinajstić information content (AvgIpc) is 1.88. The molecule has 54 valence electrons. The Hall–Kier alpha value is -1.05. The smallest absolute Gasteiger partial charge is 0.122 e. The van der Waals surface area contributed by atoms with Crippen LogP contribution in [0.25, 0.3) is 0 Å². The molecule has 0 aromatic rings. The summed E-state index contributed by atoms with van der Waals surface area (Å²) in [7, 11) is 0. The van der Waals surface area contributed by atoms with Crippen molar-refractivity contribution in [3.05, 3.63) is 23.8 Å². The van der Waals surface area contributed by atoms with E-state index in [1.54, 1.807) is 0 Å². The van der Waals surface area contributed by atoms with Crippen molar-refractivity contribution in [2.45, 2.75) is 13.3 Å². The third kappa shape index (κ3) is 1.47. The van der Waals surface area contributed by atoms with Crippen molar-refractivity contribution in [3.8, 4) is 0 Å². The zero-order valence-electron chi connectivity index (χ0n) is 6.09. The van der Waals surface area contributed by atoms with Crippen LogP contribution in [-0.4, -0.2) is 5.84 Å². The highest BCUT2D eigenvalue weighted by molar-refractivity contribution is 5.97. The summed E-state index contributed by atoms with van der Waals surface area (Å²) in [5.74, 6) is 0.701. The lowest BCUT2D eigenvalue weighted by Gasteiger charge is -2.10. The second kappa shape index (κ2) is 2.69. The normalized spacial score (nSPS) is 24.1. The Morgan fingerprint density at radius 1 is 1.80 bits per heavy atom. The Morgan fingerprint density at radius 2 is 2.50 bits per heavy atom. The Kier molecular flexibility index (Phi) is 1.90. The molecule has 1 aliphatic rings. The molecule has 3 N–H and O–H groups in total. The summed E-state index contributed by atoms with van der Waals surface area (Å²) in [6.07, 6.45) is 7.06. The average molecular weight is 136 g/mol. The maximum Gasteiger partial charge on any atom is 0.122 e. The van der Waals surface area contributed by atoms with E-state index in [4.69, 9.17) is 11.1 Å². The summed E-state index contributed by atoms with van der Waals surface area (Å²) in [4.78, 5) is 0. The third-order valence-electron chi connectivity index (χ3n) is 1.58. The van der Waals surface area contributed by atoms with Crippen molar-refractivity contribution >= 4 is 5.84 Å². The molecule has 0 bridgehead atoms. The van der Waals surface area contributed by atoms with Crippen LogP contribution in [0.3, 0.4) is 0 Å². The molecule has 2 nitrogen and oxygen atoms in total. The van der Waals surface area contributed by atoms with Crippen LogP contribution < -0.4 is 5.73 Å². The molecular weight excluding hydrogens is 124 g/mol. The maximum atomic E-state index is 7.14. The summed E-state index contributed by atoms with van der Waals surface area (Å²) in [6, 6.07) is 0. The van der Waals surface area contributed by atoms with Gasteiger partial charge in [0.05, 0.1) is 0 Å². The zero-order valence-corrected chi connectivity index (χ0v) is 6.09. The molecule has 0 spiro atoms. The number of nitrogens with one attached hydrogen (secondary N) is 1. The molecule has 0 fully saturated rings. The summed E-state index contributed by atoms with van der Waals surface area (Å²) >= 11 is 0. The van der Waals surface area contributed by atoms with Gasteiger partial charge in [0, 0.05) is 5.57 Å². The van der Waals surface area contributed by atoms with E-state index in [-0.39, 0.29) is 5.84 Å². The maximum absolute atomic E-state index is 7.14. The standard InChI is InChI=1S/C8H12N2/c1-6-3-2-4-7(5-6)8(9)10/h2,4-6H,3H2,1H3,(H3,9,10). The molecule has 0 aromatic heterocycles. The van der Waals surface area contributed by atoms with Gasteiger partial charge in [0.15, 0.2) is 0 Å². The Morgan fingerprint density at radius 3 is 2.90 bits per heavy atom. The van der Waals surface area contributed by atoms with E-state index in [1.807, 2.05) is 12.2 Å². The highest BCUT2D eigenvalue weighted by Crippen LogP contribution is 2.14. The molecule has 10 heavy (non-hydrogen) atoms. The summed E-state index contributed by atoms with van der Waals surface area (Å²) in [6.45, 7) is 2.12. The van der Waals surface area contributed by atoms with Crippen molar-refractivity contribution in [2.24, 2.45) is 11.7 Å². The third-order valence-corrected chi connectivity index (χ3v) is 1.58. The van der Waals surface area contributed by atoms with E-state index >= 15 is 0 Å². The molecule has 0 saturated heterocycles. The number of nitrogens with two attached hydrogens (primary N) is 1. The van der Waals surface area contributed by atoms with Gasteiger partial charge in [0.2, 0.25) is 0 Å². The minimum Gasteiger partial charge on any atom is -0.384 e. The van der Waals surface area contributed by atoms with E-state index in [2.05, 4.69) is 13.0 Å². The summed E-state index contributed by atoms with van der Waals surface area (Å²) in [5, 5.41) is 7.14. The van der Waals surface area contributed by atoms with Crippen LogP contribution in [0.15, 0.2) is 23.8 Å². The number of hydrogen-bond acceptors (Lipinski definition) is 1. The van der Waals surface area contributed by atoms with Crippen LogP contribution in [0.4, 0.5) is 0 Å². The first-order chi connectivity index (χ1) is 4.70. The van der Waals surface area contributed by atoms with Crippen molar-refractivity contribution in [3.63, 3.8) is 0 Å². The first kappa shape index (κ1) is 7.06. The highest BCUT2D eigenvalue weighted by Gasteiger charge is 2.04. The predicted octanol–water partition coefficient (Wildman–Crippen LogP) is 1.44. The molecule has 0 aromatic carbocycles. The first-order valence-corrected chi connectivity index (χ1v) is 3.43. The first-order valence-electron chi connectivity index (χ1n) is 3.43. The fraction of sp³-hybridized carbons (Fsp3) is 0.375. The van der Waals surface area contributed by atoms with E-state index < -0.39 is 0 Å². The molecule has 2 heteroatoms. The van der Waals surface area contributed by atoms with Gasteiger partial charge in [-0.15, -0.1) is 0 Å². The molecule has 1 atom stereocenters. The molecule has 1 rings (SSSR count). The Labute approximate surface area is 60.9 Å². The SMILES string of the molecule is CC1C=C(C(=N)N)C=CC1. The van der Waals surface area contributed by atoms with Crippen LogP contribution >= 0.6 is 0 Å². The molecule has 0 saturated carbocycles. The highest BCUT2D eigenvalue weighted by atomic mass is 14.7. The lowest BCUT2D eigenvalue weighted by atomic mass is 9.98. The number of amidine groups is 1. The van der Waals surface area contributed by atoms with Crippen molar-refractivity contribution in [2.75, 3.05) is 0 Å². The number of rotatable bonds is 1. The largest absolute Gasteiger partial charge is 0.384 e. The zero-order chi connectivity index (χ0) is 7.56. The molecule has 0 radical (unpaired) electrons. The molecule has 0 heterocycles. The van der Waals surface area contributed by atoms with Gasteiger partial charge in [-0.1, -0.05) is 25.2 Å². The number of hydrogen-bond donors (Lipinski definition) is 2. The van der Waals surface area contributed by atoms with Gasteiger partial charge in [-0.05, 0) is 12.3 Å². The monoisotopic (exact) mass is 136 g/mol. The second-order valence-electron chi connectivity index (χ2n) is 2.65. The van der Waals surface area contributed by atoms with E-state index in [1.165, 1.54) is 0 Å². The topological polar surface area (TPSA) is 49.9 Å². The summed E-state index contributed by atoms with van der Waals surface area (Å²) in [5.41, 5.74) is 6.15. The minimum atomic E-state index is 0.169. The summed E-state index contributed by atoms with van der Waals surface area (Å²) < 4.78 is 0. The Balaban J connectivity index is 2.76. The predicted molar refractivity (Wildman–Crippen MR) is 42.9 cm³/mol. The van der Waals surface area contributed by atoms with Gasteiger partial charge >= 0.3 is 0 Å². The minimum absolute atomic E-state index is 0.169. The van der Waals surface area contributed by atoms with Gasteiger partial charge in [-0.25, -0.2) is 0 Å². The fourth-order valence-electron chi connectivity index (χ4n) is 1.02. The molecule has 0 aliphatic heterocycles. The van der Waals surface area contributed by atoms with Crippen LogP contribution in [0.2, 0.25) is 0 Å². The van der Waals surface area contributed by atoms with Crippen molar-refractivity contribution in [1.82, 2.24) is 0 Å². The van der Waals surface area contributed by atoms with Gasteiger partial charge in [-0.3, -0.25) is 5.41 Å². The van der Waals surface area contributed by atoms with Crippen molar-refractivity contribution in [1.29, 1.82) is 5.41 Å². The lowest BCUT2D eigenvalue weighted by molar-refractivity contribution is 0.733.